The minimum atomic E-state index is 0.231. The fraction of sp³-hybridized carbons (Fsp3) is 0.600. The molecule has 4 heteroatoms. The second kappa shape index (κ2) is 6.26. The van der Waals surface area contributed by atoms with Crippen LogP contribution in [0.1, 0.15) is 38.8 Å². The molecule has 1 aromatic carbocycles. The normalized spacial score (nSPS) is 16.7. The Kier molecular flexibility index (Phi) is 4.66. The Balaban J connectivity index is 2.25. The molecule has 0 aliphatic carbocycles. The fourth-order valence-electron chi connectivity index (χ4n) is 2.66. The van der Waals surface area contributed by atoms with Crippen molar-refractivity contribution < 1.29 is 9.47 Å². The summed E-state index contributed by atoms with van der Waals surface area (Å²) in [7, 11) is 0. The molecule has 0 spiro atoms. The van der Waals surface area contributed by atoms with Crippen LogP contribution in [-0.4, -0.2) is 30.8 Å². The zero-order chi connectivity index (χ0) is 13.8. The number of nitrogens with zero attached hydrogens (tertiary/aromatic N) is 1. The van der Waals surface area contributed by atoms with Gasteiger partial charge in [-0.3, -0.25) is 4.90 Å². The molecule has 4 nitrogen and oxygen atoms in total. The van der Waals surface area contributed by atoms with Crippen LogP contribution >= 0.6 is 0 Å². The molecule has 1 aliphatic rings. The summed E-state index contributed by atoms with van der Waals surface area (Å²) in [4.78, 5) is 2.44. The number of nitrogens with two attached hydrogens (primary N) is 1. The number of rotatable bonds is 6. The quantitative estimate of drug-likeness (QED) is 0.857. The van der Waals surface area contributed by atoms with Crippen LogP contribution in [0.4, 0.5) is 0 Å². The van der Waals surface area contributed by atoms with Crippen molar-refractivity contribution in [3.8, 4) is 11.5 Å². The second-order valence-electron chi connectivity index (χ2n) is 4.95. The largest absolute Gasteiger partial charge is 0.454 e. The van der Waals surface area contributed by atoms with Crippen LogP contribution in [0.15, 0.2) is 18.2 Å². The smallest absolute Gasteiger partial charge is 0.231 e. The van der Waals surface area contributed by atoms with Crippen molar-refractivity contribution >= 4 is 0 Å². The van der Waals surface area contributed by atoms with Crippen LogP contribution in [0.2, 0.25) is 0 Å². The molecule has 106 valence electrons. The lowest BCUT2D eigenvalue weighted by Gasteiger charge is -2.35. The summed E-state index contributed by atoms with van der Waals surface area (Å²) >= 11 is 0. The van der Waals surface area contributed by atoms with E-state index in [1.54, 1.807) is 0 Å². The molecule has 1 heterocycles. The van der Waals surface area contributed by atoms with Gasteiger partial charge in [0.1, 0.15) is 0 Å². The Morgan fingerprint density at radius 2 is 2.00 bits per heavy atom. The number of ether oxygens (including phenoxy) is 2. The average Bonchev–Trinajstić information content (AvgIpc) is 2.91. The van der Waals surface area contributed by atoms with Gasteiger partial charge in [-0.2, -0.15) is 0 Å². The molecule has 2 rings (SSSR count). The Morgan fingerprint density at radius 3 is 2.63 bits per heavy atom. The van der Waals surface area contributed by atoms with Crippen LogP contribution in [-0.2, 0) is 0 Å². The van der Waals surface area contributed by atoms with Crippen molar-refractivity contribution in [3.63, 3.8) is 0 Å². The predicted octanol–water partition coefficient (Wildman–Crippen LogP) is 2.54. The SMILES string of the molecule is CCC(C)N(CC)C(CN)c1ccc2c(c1)OCO2. The molecule has 1 aromatic rings. The summed E-state index contributed by atoms with van der Waals surface area (Å²) in [5, 5.41) is 0. The van der Waals surface area contributed by atoms with E-state index in [4.69, 9.17) is 15.2 Å². The van der Waals surface area contributed by atoms with Gasteiger partial charge in [-0.05, 0) is 37.6 Å². The van der Waals surface area contributed by atoms with Crippen LogP contribution in [0.25, 0.3) is 0 Å². The van der Waals surface area contributed by atoms with Crippen molar-refractivity contribution in [1.82, 2.24) is 4.90 Å². The van der Waals surface area contributed by atoms with E-state index in [1.807, 2.05) is 6.07 Å². The summed E-state index contributed by atoms with van der Waals surface area (Å²) in [6, 6.07) is 6.88. The summed E-state index contributed by atoms with van der Waals surface area (Å²) in [5.41, 5.74) is 7.21. The maximum Gasteiger partial charge on any atom is 0.231 e. The molecular weight excluding hydrogens is 240 g/mol. The van der Waals surface area contributed by atoms with E-state index in [-0.39, 0.29) is 6.04 Å². The number of benzene rings is 1. The molecular formula is C15H24N2O2. The zero-order valence-corrected chi connectivity index (χ0v) is 12.1. The standard InChI is InChI=1S/C15H24N2O2/c1-4-11(3)17(5-2)13(9-16)12-6-7-14-15(8-12)19-10-18-14/h6-8,11,13H,4-5,9-10,16H2,1-3H3. The van der Waals surface area contributed by atoms with E-state index in [0.29, 0.717) is 19.4 Å². The third-order valence-electron chi connectivity index (χ3n) is 3.93. The summed E-state index contributed by atoms with van der Waals surface area (Å²) in [6.07, 6.45) is 1.12. The fourth-order valence-corrected chi connectivity index (χ4v) is 2.66. The topological polar surface area (TPSA) is 47.7 Å². The Hall–Kier alpha value is -1.26. The molecule has 2 atom stereocenters. The minimum absolute atomic E-state index is 0.231. The van der Waals surface area contributed by atoms with Crippen molar-refractivity contribution in [2.45, 2.75) is 39.3 Å². The molecule has 2 unspecified atom stereocenters. The first-order chi connectivity index (χ1) is 9.21. The third-order valence-corrected chi connectivity index (χ3v) is 3.93. The maximum atomic E-state index is 6.01. The first kappa shape index (κ1) is 14.2. The molecule has 0 amide bonds. The van der Waals surface area contributed by atoms with Gasteiger partial charge in [0.15, 0.2) is 11.5 Å². The third kappa shape index (κ3) is 2.85. The van der Waals surface area contributed by atoms with Gasteiger partial charge < -0.3 is 15.2 Å². The van der Waals surface area contributed by atoms with E-state index < -0.39 is 0 Å². The Bertz CT molecular complexity index is 423. The van der Waals surface area contributed by atoms with Crippen molar-refractivity contribution in [1.29, 1.82) is 0 Å². The highest BCUT2D eigenvalue weighted by Gasteiger charge is 2.23. The molecule has 0 aromatic heterocycles. The van der Waals surface area contributed by atoms with E-state index in [9.17, 15) is 0 Å². The highest BCUT2D eigenvalue weighted by molar-refractivity contribution is 5.45. The second-order valence-corrected chi connectivity index (χ2v) is 4.95. The van der Waals surface area contributed by atoms with E-state index in [2.05, 4.69) is 37.8 Å². The van der Waals surface area contributed by atoms with E-state index in [1.165, 1.54) is 5.56 Å². The minimum Gasteiger partial charge on any atom is -0.454 e. The zero-order valence-electron chi connectivity index (χ0n) is 12.1. The number of likely N-dealkylation sites (N-methyl/N-ethyl adjacent to an activating group) is 1. The summed E-state index contributed by atoms with van der Waals surface area (Å²) < 4.78 is 10.8. The first-order valence-corrected chi connectivity index (χ1v) is 7.06. The number of fused-ring (bicyclic) bond motifs is 1. The van der Waals surface area contributed by atoms with Crippen LogP contribution in [0, 0.1) is 0 Å². The van der Waals surface area contributed by atoms with Crippen molar-refractivity contribution in [2.24, 2.45) is 5.73 Å². The molecule has 19 heavy (non-hydrogen) atoms. The lowest BCUT2D eigenvalue weighted by atomic mass is 10.0. The molecule has 2 N–H and O–H groups in total. The molecule has 1 aliphatic heterocycles. The van der Waals surface area contributed by atoms with Gasteiger partial charge in [0.2, 0.25) is 6.79 Å². The molecule has 0 saturated heterocycles. The maximum absolute atomic E-state index is 6.01. The van der Waals surface area contributed by atoms with Gasteiger partial charge in [0, 0.05) is 18.6 Å². The molecule has 0 bridgehead atoms. The number of hydrogen-bond acceptors (Lipinski definition) is 4. The highest BCUT2D eigenvalue weighted by atomic mass is 16.7. The Labute approximate surface area is 115 Å². The van der Waals surface area contributed by atoms with Gasteiger partial charge in [0.25, 0.3) is 0 Å². The summed E-state index contributed by atoms with van der Waals surface area (Å²) in [6.45, 7) is 8.56. The van der Waals surface area contributed by atoms with Gasteiger partial charge >= 0.3 is 0 Å². The van der Waals surface area contributed by atoms with Gasteiger partial charge in [-0.1, -0.05) is 19.9 Å². The summed E-state index contributed by atoms with van der Waals surface area (Å²) in [5.74, 6) is 1.65. The monoisotopic (exact) mass is 264 g/mol. The van der Waals surface area contributed by atoms with Gasteiger partial charge in [-0.15, -0.1) is 0 Å². The van der Waals surface area contributed by atoms with Crippen LogP contribution < -0.4 is 15.2 Å². The van der Waals surface area contributed by atoms with E-state index >= 15 is 0 Å². The van der Waals surface area contributed by atoms with Crippen LogP contribution in [0.3, 0.4) is 0 Å². The van der Waals surface area contributed by atoms with Crippen molar-refractivity contribution in [2.75, 3.05) is 19.9 Å². The first-order valence-electron chi connectivity index (χ1n) is 7.06. The average molecular weight is 264 g/mol. The molecule has 0 fully saturated rings. The highest BCUT2D eigenvalue weighted by Crippen LogP contribution is 2.35. The van der Waals surface area contributed by atoms with E-state index in [0.717, 1.165) is 24.5 Å². The van der Waals surface area contributed by atoms with Gasteiger partial charge in [-0.25, -0.2) is 0 Å². The van der Waals surface area contributed by atoms with Crippen LogP contribution in [0.5, 0.6) is 11.5 Å². The molecule has 0 saturated carbocycles. The predicted molar refractivity (Wildman–Crippen MR) is 76.5 cm³/mol. The van der Waals surface area contributed by atoms with Gasteiger partial charge in [0.05, 0.1) is 0 Å². The Morgan fingerprint density at radius 1 is 1.26 bits per heavy atom. The lowest BCUT2D eigenvalue weighted by molar-refractivity contribution is 0.151. The number of hydrogen-bond donors (Lipinski definition) is 1. The van der Waals surface area contributed by atoms with Crippen molar-refractivity contribution in [3.05, 3.63) is 23.8 Å². The lowest BCUT2D eigenvalue weighted by Crippen LogP contribution is -2.39. The molecule has 0 radical (unpaired) electrons.